The lowest BCUT2D eigenvalue weighted by Crippen LogP contribution is -2.26. The Kier molecular flexibility index (Phi) is 9.52. The Labute approximate surface area is 98.7 Å². The summed E-state index contributed by atoms with van der Waals surface area (Å²) in [6, 6.07) is 0. The summed E-state index contributed by atoms with van der Waals surface area (Å²) in [7, 11) is 1.66. The van der Waals surface area contributed by atoms with Crippen molar-refractivity contribution in [2.45, 2.75) is 13.3 Å². The minimum Gasteiger partial charge on any atom is -0.382 e. The first-order valence-corrected chi connectivity index (χ1v) is 5.66. The highest BCUT2D eigenvalue weighted by molar-refractivity contribution is 4.91. The second kappa shape index (κ2) is 9.78. The molecular formula is C12H25NO3. The molecule has 0 rings (SSSR count). The molecule has 0 aliphatic heterocycles. The average molecular weight is 231 g/mol. The molecule has 4 nitrogen and oxygen atoms in total. The molecule has 0 bridgehead atoms. The zero-order valence-corrected chi connectivity index (χ0v) is 10.5. The number of hydrogen-bond acceptors (Lipinski definition) is 4. The second-order valence-electron chi connectivity index (χ2n) is 4.03. The topological polar surface area (TPSA) is 53.7 Å². The summed E-state index contributed by atoms with van der Waals surface area (Å²) < 4.78 is 15.6. The Morgan fingerprint density at radius 1 is 1.12 bits per heavy atom. The Balaban J connectivity index is 3.29. The minimum absolute atomic E-state index is 0.0170. The predicted molar refractivity (Wildman–Crippen MR) is 65.5 cm³/mol. The van der Waals surface area contributed by atoms with Crippen LogP contribution in [0.3, 0.4) is 0 Å². The predicted octanol–water partition coefficient (Wildman–Crippen LogP) is 1.21. The van der Waals surface area contributed by atoms with E-state index in [9.17, 15) is 0 Å². The van der Waals surface area contributed by atoms with Crippen LogP contribution >= 0.6 is 0 Å². The van der Waals surface area contributed by atoms with E-state index >= 15 is 0 Å². The standard InChI is InChI=1S/C12H25NO3/c1-4-12(2,11-13)5-6-15-9-10-16-8-7-14-3/h4H,1,5-11,13H2,2-3H3. The summed E-state index contributed by atoms with van der Waals surface area (Å²) in [5.41, 5.74) is 5.63. The van der Waals surface area contributed by atoms with Crippen LogP contribution in [-0.2, 0) is 14.2 Å². The fraction of sp³-hybridized carbons (Fsp3) is 0.833. The molecule has 0 aliphatic rings. The van der Waals surface area contributed by atoms with Crippen molar-refractivity contribution in [3.05, 3.63) is 12.7 Å². The molecule has 16 heavy (non-hydrogen) atoms. The highest BCUT2D eigenvalue weighted by Gasteiger charge is 2.17. The third kappa shape index (κ3) is 7.82. The van der Waals surface area contributed by atoms with Gasteiger partial charge in [0.2, 0.25) is 0 Å². The van der Waals surface area contributed by atoms with Gasteiger partial charge in [-0.3, -0.25) is 0 Å². The van der Waals surface area contributed by atoms with Crippen LogP contribution < -0.4 is 5.73 Å². The molecule has 0 aromatic heterocycles. The van der Waals surface area contributed by atoms with Crippen LogP contribution in [0.5, 0.6) is 0 Å². The van der Waals surface area contributed by atoms with Gasteiger partial charge in [-0.2, -0.15) is 0 Å². The van der Waals surface area contributed by atoms with Gasteiger partial charge in [-0.1, -0.05) is 13.0 Å². The number of ether oxygens (including phenoxy) is 3. The zero-order chi connectivity index (χ0) is 12.3. The monoisotopic (exact) mass is 231 g/mol. The molecule has 1 unspecified atom stereocenters. The summed E-state index contributed by atoms with van der Waals surface area (Å²) in [5.74, 6) is 0. The lowest BCUT2D eigenvalue weighted by Gasteiger charge is -2.23. The van der Waals surface area contributed by atoms with E-state index in [0.717, 1.165) is 6.42 Å². The van der Waals surface area contributed by atoms with Gasteiger partial charge in [0.05, 0.1) is 26.4 Å². The summed E-state index contributed by atoms with van der Waals surface area (Å²) in [6.07, 6.45) is 2.79. The van der Waals surface area contributed by atoms with Gasteiger partial charge in [-0.15, -0.1) is 6.58 Å². The SMILES string of the molecule is C=CC(C)(CN)CCOCCOCCOC. The van der Waals surface area contributed by atoms with E-state index in [0.29, 0.717) is 39.6 Å². The van der Waals surface area contributed by atoms with E-state index in [4.69, 9.17) is 19.9 Å². The minimum atomic E-state index is -0.0170. The molecular weight excluding hydrogens is 206 g/mol. The largest absolute Gasteiger partial charge is 0.382 e. The van der Waals surface area contributed by atoms with E-state index in [1.54, 1.807) is 7.11 Å². The van der Waals surface area contributed by atoms with Gasteiger partial charge < -0.3 is 19.9 Å². The maximum absolute atomic E-state index is 5.65. The van der Waals surface area contributed by atoms with Crippen molar-refractivity contribution < 1.29 is 14.2 Å². The number of methoxy groups -OCH3 is 1. The maximum atomic E-state index is 5.65. The van der Waals surface area contributed by atoms with Crippen molar-refractivity contribution >= 4 is 0 Å². The molecule has 0 aromatic rings. The van der Waals surface area contributed by atoms with Crippen molar-refractivity contribution in [1.29, 1.82) is 0 Å². The zero-order valence-electron chi connectivity index (χ0n) is 10.5. The van der Waals surface area contributed by atoms with Crippen LogP contribution in [0.1, 0.15) is 13.3 Å². The third-order valence-electron chi connectivity index (χ3n) is 2.58. The fourth-order valence-corrected chi connectivity index (χ4v) is 1.06. The summed E-state index contributed by atoms with van der Waals surface area (Å²) in [6.45, 7) is 9.61. The van der Waals surface area contributed by atoms with E-state index in [1.807, 2.05) is 6.08 Å². The summed E-state index contributed by atoms with van der Waals surface area (Å²) >= 11 is 0. The van der Waals surface area contributed by atoms with Crippen LogP contribution in [0.25, 0.3) is 0 Å². The van der Waals surface area contributed by atoms with Gasteiger partial charge in [0.15, 0.2) is 0 Å². The van der Waals surface area contributed by atoms with Crippen LogP contribution in [0.2, 0.25) is 0 Å². The van der Waals surface area contributed by atoms with Crippen LogP contribution in [-0.4, -0.2) is 46.7 Å². The quantitative estimate of drug-likeness (QED) is 0.429. The number of nitrogens with two attached hydrogens (primary N) is 1. The Bertz CT molecular complexity index is 176. The second-order valence-corrected chi connectivity index (χ2v) is 4.03. The van der Waals surface area contributed by atoms with Crippen molar-refractivity contribution in [3.63, 3.8) is 0 Å². The Morgan fingerprint density at radius 3 is 2.19 bits per heavy atom. The first-order valence-electron chi connectivity index (χ1n) is 5.66. The van der Waals surface area contributed by atoms with E-state index < -0.39 is 0 Å². The molecule has 2 N–H and O–H groups in total. The number of rotatable bonds is 11. The van der Waals surface area contributed by atoms with Gasteiger partial charge in [-0.05, 0) is 11.8 Å². The molecule has 0 aromatic carbocycles. The van der Waals surface area contributed by atoms with Gasteiger partial charge in [0, 0.05) is 20.3 Å². The molecule has 0 heterocycles. The van der Waals surface area contributed by atoms with Gasteiger partial charge in [0.25, 0.3) is 0 Å². The van der Waals surface area contributed by atoms with Crippen molar-refractivity contribution in [2.75, 3.05) is 46.7 Å². The highest BCUT2D eigenvalue weighted by Crippen LogP contribution is 2.20. The average Bonchev–Trinajstić information content (AvgIpc) is 2.32. The lowest BCUT2D eigenvalue weighted by molar-refractivity contribution is 0.0201. The molecule has 0 spiro atoms. The summed E-state index contributed by atoms with van der Waals surface area (Å²) in [4.78, 5) is 0. The van der Waals surface area contributed by atoms with E-state index in [1.165, 1.54) is 0 Å². The first kappa shape index (κ1) is 15.6. The van der Waals surface area contributed by atoms with Crippen LogP contribution in [0.15, 0.2) is 12.7 Å². The molecule has 0 saturated heterocycles. The molecule has 0 radical (unpaired) electrons. The van der Waals surface area contributed by atoms with Gasteiger partial charge in [0.1, 0.15) is 0 Å². The Morgan fingerprint density at radius 2 is 1.69 bits per heavy atom. The molecule has 1 atom stereocenters. The molecule has 0 amide bonds. The summed E-state index contributed by atoms with van der Waals surface area (Å²) in [5, 5.41) is 0. The molecule has 0 aliphatic carbocycles. The lowest BCUT2D eigenvalue weighted by atomic mass is 9.88. The first-order chi connectivity index (χ1) is 7.68. The van der Waals surface area contributed by atoms with Crippen LogP contribution in [0, 0.1) is 5.41 Å². The fourth-order valence-electron chi connectivity index (χ4n) is 1.06. The normalized spacial score (nSPS) is 14.7. The number of hydrogen-bond donors (Lipinski definition) is 1. The van der Waals surface area contributed by atoms with E-state index in [2.05, 4.69) is 13.5 Å². The highest BCUT2D eigenvalue weighted by atomic mass is 16.5. The Hall–Kier alpha value is -0.420. The molecule has 0 saturated carbocycles. The maximum Gasteiger partial charge on any atom is 0.0701 e. The van der Waals surface area contributed by atoms with E-state index in [-0.39, 0.29) is 5.41 Å². The smallest absolute Gasteiger partial charge is 0.0701 e. The molecule has 0 fully saturated rings. The van der Waals surface area contributed by atoms with Crippen molar-refractivity contribution in [1.82, 2.24) is 0 Å². The molecule has 96 valence electrons. The van der Waals surface area contributed by atoms with Gasteiger partial charge in [-0.25, -0.2) is 0 Å². The molecule has 4 heteroatoms. The van der Waals surface area contributed by atoms with Crippen molar-refractivity contribution in [3.8, 4) is 0 Å². The van der Waals surface area contributed by atoms with Crippen LogP contribution in [0.4, 0.5) is 0 Å². The van der Waals surface area contributed by atoms with Crippen molar-refractivity contribution in [2.24, 2.45) is 11.1 Å². The van der Waals surface area contributed by atoms with Gasteiger partial charge >= 0.3 is 0 Å². The third-order valence-corrected chi connectivity index (χ3v) is 2.58.